The topological polar surface area (TPSA) is 19.6 Å². The number of benzene rings is 10. The molecule has 0 saturated heterocycles. The van der Waals surface area contributed by atoms with E-state index >= 15 is 0 Å². The largest absolute Gasteiger partial charge is 0.456 e. The Bertz CT molecular complexity index is 3280. The Hall–Kier alpha value is -8.14. The van der Waals surface area contributed by atoms with Crippen LogP contribution in [0.25, 0.3) is 66.1 Å². The third-order valence-corrected chi connectivity index (χ3v) is 11.6. The molecule has 0 spiro atoms. The van der Waals surface area contributed by atoms with Crippen LogP contribution in [0.1, 0.15) is 0 Å². The Balaban J connectivity index is 1.04. The third-order valence-electron chi connectivity index (χ3n) is 11.6. The summed E-state index contributed by atoms with van der Waals surface area (Å²) in [4.78, 5) is 4.70. The quantitative estimate of drug-likeness (QED) is 0.145. The molecule has 0 aliphatic heterocycles. The minimum Gasteiger partial charge on any atom is -0.456 e. The van der Waals surface area contributed by atoms with Gasteiger partial charge < -0.3 is 14.2 Å². The number of anilines is 6. The van der Waals surface area contributed by atoms with Gasteiger partial charge in [0.15, 0.2) is 0 Å². The van der Waals surface area contributed by atoms with Crippen LogP contribution in [0, 0.1) is 0 Å². The zero-order valence-corrected chi connectivity index (χ0v) is 33.4. The van der Waals surface area contributed by atoms with Crippen molar-refractivity contribution in [2.24, 2.45) is 0 Å². The van der Waals surface area contributed by atoms with Crippen LogP contribution in [0.3, 0.4) is 0 Å². The summed E-state index contributed by atoms with van der Waals surface area (Å²) in [5.74, 6) is 0. The number of furan rings is 1. The van der Waals surface area contributed by atoms with Gasteiger partial charge in [0.25, 0.3) is 0 Å². The Morgan fingerprint density at radius 2 is 0.738 bits per heavy atom. The summed E-state index contributed by atoms with van der Waals surface area (Å²) < 4.78 is 6.49. The van der Waals surface area contributed by atoms with Crippen molar-refractivity contribution in [3.05, 3.63) is 243 Å². The molecule has 288 valence electrons. The van der Waals surface area contributed by atoms with E-state index in [1.165, 1.54) is 16.3 Å². The number of fused-ring (bicyclic) bond motifs is 4. The highest BCUT2D eigenvalue weighted by Gasteiger charge is 2.22. The lowest BCUT2D eigenvalue weighted by Gasteiger charge is -2.29. The van der Waals surface area contributed by atoms with Crippen LogP contribution in [0.2, 0.25) is 0 Å². The normalized spacial score (nSPS) is 11.3. The Labute approximate surface area is 355 Å². The average molecular weight is 781 g/mol. The van der Waals surface area contributed by atoms with Crippen LogP contribution in [-0.4, -0.2) is 0 Å². The first-order valence-corrected chi connectivity index (χ1v) is 20.7. The molecule has 0 fully saturated rings. The second-order valence-electron chi connectivity index (χ2n) is 15.3. The zero-order chi connectivity index (χ0) is 40.5. The molecule has 1 aromatic heterocycles. The Kier molecular flexibility index (Phi) is 9.18. The van der Waals surface area contributed by atoms with Crippen molar-refractivity contribution in [2.45, 2.75) is 0 Å². The summed E-state index contributed by atoms with van der Waals surface area (Å²) >= 11 is 0. The summed E-state index contributed by atoms with van der Waals surface area (Å²) in [6.07, 6.45) is 0. The van der Waals surface area contributed by atoms with Gasteiger partial charge in [0, 0.05) is 50.8 Å². The van der Waals surface area contributed by atoms with E-state index in [1.54, 1.807) is 0 Å². The molecule has 11 rings (SSSR count). The lowest BCUT2D eigenvalue weighted by molar-refractivity contribution is 0.669. The van der Waals surface area contributed by atoms with Crippen LogP contribution < -0.4 is 9.80 Å². The molecule has 3 heteroatoms. The second-order valence-corrected chi connectivity index (χ2v) is 15.3. The molecule has 1 heterocycles. The standard InChI is InChI=1S/C58H40N2O/c1-4-18-42(19-5-1)58-52-30-11-10-17-41(52)33-36-55(58)60(51-34-35-54-53-31-12-13-32-56(53)61-57(54)40-51)50-29-16-23-46(39-50)44-21-14-20-43(37-44)45-22-15-28-49(38-45)59(47-24-6-2-7-25-47)48-26-8-3-9-27-48/h1-40H. The molecule has 61 heavy (non-hydrogen) atoms. The molecule has 11 aromatic rings. The fraction of sp³-hybridized carbons (Fsp3) is 0. The van der Waals surface area contributed by atoms with E-state index in [0.29, 0.717) is 0 Å². The van der Waals surface area contributed by atoms with Crippen molar-refractivity contribution in [1.29, 1.82) is 0 Å². The summed E-state index contributed by atoms with van der Waals surface area (Å²) in [6.45, 7) is 0. The van der Waals surface area contributed by atoms with Gasteiger partial charge >= 0.3 is 0 Å². The maximum Gasteiger partial charge on any atom is 0.137 e. The van der Waals surface area contributed by atoms with Gasteiger partial charge in [0.05, 0.1) is 5.69 Å². The molecule has 0 aliphatic rings. The molecular weight excluding hydrogens is 741 g/mol. The van der Waals surface area contributed by atoms with Crippen LogP contribution in [0.5, 0.6) is 0 Å². The van der Waals surface area contributed by atoms with Crippen molar-refractivity contribution < 1.29 is 4.42 Å². The average Bonchev–Trinajstić information content (AvgIpc) is 3.71. The van der Waals surface area contributed by atoms with Gasteiger partial charge in [-0.15, -0.1) is 0 Å². The minimum atomic E-state index is 0.856. The summed E-state index contributed by atoms with van der Waals surface area (Å²) in [5, 5.41) is 4.62. The van der Waals surface area contributed by atoms with E-state index < -0.39 is 0 Å². The smallest absolute Gasteiger partial charge is 0.137 e. The Morgan fingerprint density at radius 3 is 1.41 bits per heavy atom. The maximum atomic E-state index is 6.49. The van der Waals surface area contributed by atoms with Gasteiger partial charge in [0.2, 0.25) is 0 Å². The van der Waals surface area contributed by atoms with E-state index in [9.17, 15) is 0 Å². The first-order valence-electron chi connectivity index (χ1n) is 20.7. The predicted molar refractivity (Wildman–Crippen MR) is 257 cm³/mol. The third kappa shape index (κ3) is 6.78. The molecule has 0 aliphatic carbocycles. The van der Waals surface area contributed by atoms with Gasteiger partial charge in [-0.1, -0.05) is 158 Å². The van der Waals surface area contributed by atoms with E-state index in [2.05, 4.69) is 240 Å². The van der Waals surface area contributed by atoms with Crippen molar-refractivity contribution in [3.8, 4) is 33.4 Å². The summed E-state index contributed by atoms with van der Waals surface area (Å²) in [5.41, 5.74) is 15.1. The van der Waals surface area contributed by atoms with Gasteiger partial charge in [-0.05, 0) is 117 Å². The van der Waals surface area contributed by atoms with Crippen molar-refractivity contribution in [2.75, 3.05) is 9.80 Å². The molecule has 3 nitrogen and oxygen atoms in total. The Morgan fingerprint density at radius 1 is 0.262 bits per heavy atom. The first-order chi connectivity index (χ1) is 30.2. The first kappa shape index (κ1) is 36.0. The fourth-order valence-electron chi connectivity index (χ4n) is 8.76. The predicted octanol–water partition coefficient (Wildman–Crippen LogP) is 16.7. The summed E-state index contributed by atoms with van der Waals surface area (Å²) in [6, 6.07) is 86.6. The highest BCUT2D eigenvalue weighted by molar-refractivity contribution is 6.08. The highest BCUT2D eigenvalue weighted by Crippen LogP contribution is 2.46. The molecular formula is C58H40N2O. The maximum absolute atomic E-state index is 6.49. The van der Waals surface area contributed by atoms with Crippen LogP contribution in [-0.2, 0) is 0 Å². The van der Waals surface area contributed by atoms with Gasteiger partial charge in [-0.2, -0.15) is 0 Å². The van der Waals surface area contributed by atoms with E-state index in [-0.39, 0.29) is 0 Å². The molecule has 0 N–H and O–H groups in total. The number of hydrogen-bond acceptors (Lipinski definition) is 3. The van der Waals surface area contributed by atoms with Gasteiger partial charge in [0.1, 0.15) is 11.2 Å². The monoisotopic (exact) mass is 780 g/mol. The fourth-order valence-corrected chi connectivity index (χ4v) is 8.76. The molecule has 10 aromatic carbocycles. The van der Waals surface area contributed by atoms with Crippen molar-refractivity contribution >= 4 is 66.8 Å². The molecule has 0 atom stereocenters. The van der Waals surface area contributed by atoms with Crippen LogP contribution in [0.4, 0.5) is 34.1 Å². The SMILES string of the molecule is c1ccc(-c2c(N(c3cccc(-c4cccc(-c5cccc(N(c6ccccc6)c6ccccc6)c5)c4)c3)c3ccc4c(c3)oc3ccccc34)ccc3ccccc23)cc1. The summed E-state index contributed by atoms with van der Waals surface area (Å²) in [7, 11) is 0. The molecule has 0 bridgehead atoms. The van der Waals surface area contributed by atoms with Crippen LogP contribution in [0.15, 0.2) is 247 Å². The van der Waals surface area contributed by atoms with Crippen molar-refractivity contribution in [1.82, 2.24) is 0 Å². The van der Waals surface area contributed by atoms with Gasteiger partial charge in [-0.25, -0.2) is 0 Å². The number of nitrogens with zero attached hydrogens (tertiary/aromatic N) is 2. The van der Waals surface area contributed by atoms with Gasteiger partial charge in [-0.3, -0.25) is 0 Å². The highest BCUT2D eigenvalue weighted by atomic mass is 16.3. The second kappa shape index (κ2) is 15.6. The lowest BCUT2D eigenvalue weighted by atomic mass is 9.94. The lowest BCUT2D eigenvalue weighted by Crippen LogP contribution is -2.11. The molecule has 0 saturated carbocycles. The van der Waals surface area contributed by atoms with E-state index in [4.69, 9.17) is 4.42 Å². The van der Waals surface area contributed by atoms with E-state index in [0.717, 1.165) is 83.9 Å². The minimum absolute atomic E-state index is 0.856. The molecule has 0 unspecified atom stereocenters. The molecule has 0 amide bonds. The van der Waals surface area contributed by atoms with E-state index in [1.807, 2.05) is 12.1 Å². The van der Waals surface area contributed by atoms with Crippen LogP contribution >= 0.6 is 0 Å². The number of para-hydroxylation sites is 3. The number of rotatable bonds is 9. The van der Waals surface area contributed by atoms with Crippen molar-refractivity contribution in [3.63, 3.8) is 0 Å². The molecule has 0 radical (unpaired) electrons. The zero-order valence-electron chi connectivity index (χ0n) is 33.4. The number of hydrogen-bond donors (Lipinski definition) is 0.